The lowest BCUT2D eigenvalue weighted by molar-refractivity contribution is -0.164. The van der Waals surface area contributed by atoms with Crippen molar-refractivity contribution in [1.82, 2.24) is 15.6 Å². The Morgan fingerprint density at radius 3 is 2.28 bits per heavy atom. The number of amides is 1. The second kappa shape index (κ2) is 18.5. The Morgan fingerprint density at radius 1 is 0.943 bits per heavy atom. The zero-order chi connectivity index (χ0) is 38.0. The van der Waals surface area contributed by atoms with Crippen molar-refractivity contribution >= 4 is 46.3 Å². The summed E-state index contributed by atoms with van der Waals surface area (Å²) in [6.45, 7) is 5.74. The minimum Gasteiger partial charge on any atom is -0.461 e. The van der Waals surface area contributed by atoms with Crippen molar-refractivity contribution < 1.29 is 33.0 Å². The molecule has 1 saturated heterocycles. The molecule has 0 bridgehead atoms. The second-order valence-corrected chi connectivity index (χ2v) is 16.0. The van der Waals surface area contributed by atoms with Crippen molar-refractivity contribution in [2.45, 2.75) is 69.1 Å². The molecule has 2 N–H and O–H groups in total. The zero-order valence-electron chi connectivity index (χ0n) is 30.2. The van der Waals surface area contributed by atoms with Gasteiger partial charge in [-0.2, -0.15) is 11.8 Å². The number of Topliss-reactive ketones (excluding diaryl/α,β-unsaturated/α-hetero) is 1. The first-order valence-corrected chi connectivity index (χ1v) is 19.7. The van der Waals surface area contributed by atoms with Crippen LogP contribution in [-0.2, 0) is 20.7 Å². The van der Waals surface area contributed by atoms with Crippen LogP contribution in [0.5, 0.6) is 5.88 Å². The van der Waals surface area contributed by atoms with Gasteiger partial charge in [0.25, 0.3) is 5.91 Å². The van der Waals surface area contributed by atoms with Gasteiger partial charge in [0.15, 0.2) is 5.78 Å². The fourth-order valence-electron chi connectivity index (χ4n) is 5.85. The summed E-state index contributed by atoms with van der Waals surface area (Å²) in [4.78, 5) is 58.6. The van der Waals surface area contributed by atoms with E-state index in [1.807, 2.05) is 54.8 Å². The smallest absolute Gasteiger partial charge is 0.349 e. The average molecular weight is 758 g/mol. The Morgan fingerprint density at radius 2 is 1.62 bits per heavy atom. The Labute approximate surface area is 318 Å². The van der Waals surface area contributed by atoms with Crippen molar-refractivity contribution in [3.63, 3.8) is 0 Å². The molecule has 1 amide bonds. The van der Waals surface area contributed by atoms with Gasteiger partial charge < -0.3 is 20.1 Å². The summed E-state index contributed by atoms with van der Waals surface area (Å²) in [5.41, 5.74) is 1.40. The van der Waals surface area contributed by atoms with E-state index >= 15 is 0 Å². The number of hydrogen-bond acceptors (Lipinski definition) is 10. The largest absolute Gasteiger partial charge is 0.461 e. The first-order chi connectivity index (χ1) is 25.4. The number of pyridine rings is 1. The summed E-state index contributed by atoms with van der Waals surface area (Å²) in [6.07, 6.45) is 1.82. The first kappa shape index (κ1) is 39.7. The van der Waals surface area contributed by atoms with E-state index in [1.54, 1.807) is 44.7 Å². The van der Waals surface area contributed by atoms with Crippen molar-refractivity contribution in [3.05, 3.63) is 120 Å². The number of nitrogens with one attached hydrogen (secondary N) is 2. The van der Waals surface area contributed by atoms with Crippen LogP contribution in [0.2, 0.25) is 0 Å². The van der Waals surface area contributed by atoms with Crippen LogP contribution < -0.4 is 15.4 Å². The molecule has 1 aliphatic heterocycles. The first-order valence-electron chi connectivity index (χ1n) is 17.4. The molecule has 1 unspecified atom stereocenters. The molecule has 2 heterocycles. The highest BCUT2D eigenvalue weighted by atomic mass is 32.2. The number of thioether (sulfide) groups is 2. The standard InChI is InChI=1S/C41H44FN3O6S2/c1-41(2,3)51-39(48)37(33-24-30(25-43-33)53-40(49)28-13-9-6-10-14-28)50-35-20-19-31(36(45-35)27-15-17-29(42)18-16-27)38(47)44-32(21-22-52-4)34(46)23-26-11-7-5-8-12-26/h5-20,30,32-33,37,43H,21-25H2,1-4H3,(H,44,47)/t30-,32-,33-,37?/m0/s1. The van der Waals surface area contributed by atoms with Gasteiger partial charge in [-0.1, -0.05) is 72.4 Å². The van der Waals surface area contributed by atoms with Crippen LogP contribution in [0.3, 0.4) is 0 Å². The number of benzene rings is 3. The quantitative estimate of drug-likeness (QED) is 0.123. The van der Waals surface area contributed by atoms with E-state index in [2.05, 4.69) is 15.6 Å². The monoisotopic (exact) mass is 757 g/mol. The molecule has 1 fully saturated rings. The van der Waals surface area contributed by atoms with Crippen LogP contribution >= 0.6 is 23.5 Å². The van der Waals surface area contributed by atoms with Crippen LogP contribution in [0.1, 0.15) is 59.9 Å². The topological polar surface area (TPSA) is 124 Å². The van der Waals surface area contributed by atoms with Gasteiger partial charge in [0, 0.05) is 35.4 Å². The van der Waals surface area contributed by atoms with Crippen LogP contribution in [0.25, 0.3) is 11.3 Å². The number of carbonyl (C=O) groups excluding carboxylic acids is 4. The molecule has 1 aromatic heterocycles. The maximum Gasteiger partial charge on any atom is 0.349 e. The van der Waals surface area contributed by atoms with Gasteiger partial charge in [-0.3, -0.25) is 14.4 Å². The van der Waals surface area contributed by atoms with Crippen molar-refractivity contribution in [1.29, 1.82) is 0 Å². The number of ketones is 1. The predicted octanol–water partition coefficient (Wildman–Crippen LogP) is 6.94. The van der Waals surface area contributed by atoms with E-state index in [9.17, 15) is 23.6 Å². The van der Waals surface area contributed by atoms with Crippen LogP contribution in [0, 0.1) is 5.82 Å². The number of rotatable bonds is 15. The summed E-state index contributed by atoms with van der Waals surface area (Å²) < 4.78 is 26.1. The van der Waals surface area contributed by atoms with Crippen LogP contribution in [0.4, 0.5) is 4.39 Å². The Hall–Kier alpha value is -4.52. The van der Waals surface area contributed by atoms with Crippen LogP contribution in [0.15, 0.2) is 97.1 Å². The SMILES string of the molecule is CSCC[C@H](NC(=O)c1ccc(OC(C(=O)OC(C)(C)C)[C@@H]2C[C@H](SC(=O)c3ccccc3)CN2)nc1-c1ccc(F)cc1)C(=O)Cc1ccccc1. The van der Waals surface area contributed by atoms with Gasteiger partial charge in [0.2, 0.25) is 17.1 Å². The van der Waals surface area contributed by atoms with E-state index in [-0.39, 0.29) is 39.7 Å². The van der Waals surface area contributed by atoms with E-state index < -0.39 is 41.5 Å². The van der Waals surface area contributed by atoms with Gasteiger partial charge in [-0.25, -0.2) is 14.2 Å². The van der Waals surface area contributed by atoms with E-state index in [0.29, 0.717) is 36.3 Å². The van der Waals surface area contributed by atoms with Crippen molar-refractivity contribution in [2.75, 3.05) is 18.6 Å². The molecule has 4 atom stereocenters. The van der Waals surface area contributed by atoms with Crippen molar-refractivity contribution in [3.8, 4) is 17.1 Å². The lowest BCUT2D eigenvalue weighted by Crippen LogP contribution is -2.47. The molecule has 0 spiro atoms. The molecule has 12 heteroatoms. The molecule has 1 aliphatic rings. The van der Waals surface area contributed by atoms with Gasteiger partial charge in [0.1, 0.15) is 11.4 Å². The van der Waals surface area contributed by atoms with Crippen LogP contribution in [-0.4, -0.2) is 75.4 Å². The van der Waals surface area contributed by atoms with Gasteiger partial charge in [-0.05, 0) is 81.5 Å². The molecular weight excluding hydrogens is 714 g/mol. The predicted molar refractivity (Wildman–Crippen MR) is 208 cm³/mol. The maximum absolute atomic E-state index is 14.0. The Bertz CT molecular complexity index is 1870. The fourth-order valence-corrected chi connectivity index (χ4v) is 7.38. The molecule has 4 aromatic rings. The molecule has 0 radical (unpaired) electrons. The van der Waals surface area contributed by atoms with Gasteiger partial charge >= 0.3 is 5.97 Å². The third-order valence-electron chi connectivity index (χ3n) is 8.42. The Balaban J connectivity index is 1.41. The molecule has 0 aliphatic carbocycles. The molecule has 53 heavy (non-hydrogen) atoms. The number of aromatic nitrogens is 1. The van der Waals surface area contributed by atoms with E-state index in [0.717, 1.165) is 5.56 Å². The number of hydrogen-bond donors (Lipinski definition) is 2. The second-order valence-electron chi connectivity index (χ2n) is 13.7. The number of nitrogens with zero attached hydrogens (tertiary/aromatic N) is 1. The summed E-state index contributed by atoms with van der Waals surface area (Å²) >= 11 is 2.78. The number of ether oxygens (including phenoxy) is 2. The van der Waals surface area contributed by atoms with Gasteiger partial charge in [-0.15, -0.1) is 0 Å². The van der Waals surface area contributed by atoms with E-state index in [4.69, 9.17) is 9.47 Å². The summed E-state index contributed by atoms with van der Waals surface area (Å²) in [5, 5.41) is 6.06. The molecule has 278 valence electrons. The van der Waals surface area contributed by atoms with Gasteiger partial charge in [0.05, 0.1) is 23.3 Å². The number of carbonyl (C=O) groups is 4. The summed E-state index contributed by atoms with van der Waals surface area (Å²) in [5.74, 6) is -1.04. The zero-order valence-corrected chi connectivity index (χ0v) is 31.8. The minimum atomic E-state index is -1.15. The average Bonchev–Trinajstić information content (AvgIpc) is 3.60. The number of halogens is 1. The highest BCUT2D eigenvalue weighted by Gasteiger charge is 2.40. The molecular formula is C41H44FN3O6S2. The highest BCUT2D eigenvalue weighted by Crippen LogP contribution is 2.30. The Kier molecular flexibility index (Phi) is 13.8. The third kappa shape index (κ3) is 11.5. The maximum atomic E-state index is 14.0. The summed E-state index contributed by atoms with van der Waals surface area (Å²) in [7, 11) is 0. The lowest BCUT2D eigenvalue weighted by Gasteiger charge is -2.27. The molecule has 3 aromatic carbocycles. The molecule has 9 nitrogen and oxygen atoms in total. The van der Waals surface area contributed by atoms with Crippen molar-refractivity contribution in [2.24, 2.45) is 0 Å². The highest BCUT2D eigenvalue weighted by molar-refractivity contribution is 8.14. The lowest BCUT2D eigenvalue weighted by atomic mass is 10.0. The fraction of sp³-hybridized carbons (Fsp3) is 0.341. The number of esters is 1. The van der Waals surface area contributed by atoms with E-state index in [1.165, 1.54) is 48.2 Å². The normalized spacial score (nSPS) is 16.7. The molecule has 0 saturated carbocycles. The minimum absolute atomic E-state index is 0.0362. The third-order valence-corrected chi connectivity index (χ3v) is 10.2. The summed E-state index contributed by atoms with van der Waals surface area (Å²) in [6, 6.07) is 25.6. The molecule has 5 rings (SSSR count).